The molecule has 0 saturated carbocycles. The average Bonchev–Trinajstić information content (AvgIpc) is 2.74. The molecule has 90 valence electrons. The summed E-state index contributed by atoms with van der Waals surface area (Å²) >= 11 is 5.36. The number of carbonyl (C=O) groups is 1. The Bertz CT molecular complexity index is 538. The van der Waals surface area contributed by atoms with Crippen molar-refractivity contribution in [1.29, 1.82) is 0 Å². The van der Waals surface area contributed by atoms with Gasteiger partial charge in [-0.2, -0.15) is 0 Å². The molecule has 1 aromatic carbocycles. The van der Waals surface area contributed by atoms with Crippen molar-refractivity contribution in [3.8, 4) is 0 Å². The van der Waals surface area contributed by atoms with Crippen LogP contribution in [0.15, 0.2) is 24.4 Å². The van der Waals surface area contributed by atoms with Crippen molar-refractivity contribution in [2.75, 3.05) is 12.4 Å². The predicted octanol–water partition coefficient (Wildman–Crippen LogP) is 2.20. The highest BCUT2D eigenvalue weighted by molar-refractivity contribution is 6.27. The van der Waals surface area contributed by atoms with Crippen molar-refractivity contribution in [2.24, 2.45) is 0 Å². The van der Waals surface area contributed by atoms with Crippen molar-refractivity contribution >= 4 is 28.4 Å². The molecule has 2 aromatic rings. The molecule has 0 aliphatic rings. The largest absolute Gasteiger partial charge is 0.359 e. The molecule has 0 atom stereocenters. The third kappa shape index (κ3) is 2.58. The number of H-pyrrole nitrogens is 1. The number of hydrogen-bond acceptors (Lipinski definition) is 1. The van der Waals surface area contributed by atoms with Gasteiger partial charge in [0.05, 0.1) is 5.52 Å². The van der Waals surface area contributed by atoms with Gasteiger partial charge >= 0.3 is 0 Å². The van der Waals surface area contributed by atoms with Crippen LogP contribution >= 0.6 is 11.6 Å². The number of halogens is 2. The molecule has 1 amide bonds. The van der Waals surface area contributed by atoms with Crippen LogP contribution in [-0.2, 0) is 11.2 Å². The monoisotopic (exact) mass is 254 g/mol. The minimum absolute atomic E-state index is 0.0392. The smallest absolute Gasteiger partial charge is 0.234 e. The standard InChI is InChI=1S/C12H12ClFN2O/c13-6-11(17)15-5-4-8-7-16-12-9(8)2-1-3-10(12)14/h1-3,7,16H,4-6H2,(H,15,17). The lowest BCUT2D eigenvalue weighted by molar-refractivity contribution is -0.118. The van der Waals surface area contributed by atoms with Crippen LogP contribution in [-0.4, -0.2) is 23.3 Å². The Morgan fingerprint density at radius 3 is 3.06 bits per heavy atom. The fourth-order valence-electron chi connectivity index (χ4n) is 1.77. The van der Waals surface area contributed by atoms with E-state index in [0.29, 0.717) is 18.5 Å². The van der Waals surface area contributed by atoms with Crippen molar-refractivity contribution in [3.63, 3.8) is 0 Å². The van der Waals surface area contributed by atoms with Crippen LogP contribution < -0.4 is 5.32 Å². The second-order valence-electron chi connectivity index (χ2n) is 3.71. The highest BCUT2D eigenvalue weighted by atomic mass is 35.5. The maximum atomic E-state index is 13.4. The summed E-state index contributed by atoms with van der Waals surface area (Å²) in [6.45, 7) is 0.495. The third-order valence-electron chi connectivity index (χ3n) is 2.59. The molecule has 0 bridgehead atoms. The van der Waals surface area contributed by atoms with Crippen LogP contribution in [0.2, 0.25) is 0 Å². The number of amides is 1. The first-order valence-corrected chi connectivity index (χ1v) is 5.83. The second kappa shape index (κ2) is 5.19. The minimum atomic E-state index is -0.265. The Labute approximate surface area is 103 Å². The molecule has 1 heterocycles. The first kappa shape index (κ1) is 11.9. The van der Waals surface area contributed by atoms with Crippen LogP contribution in [0.1, 0.15) is 5.56 Å². The fourth-order valence-corrected chi connectivity index (χ4v) is 1.86. The zero-order valence-corrected chi connectivity index (χ0v) is 9.85. The Morgan fingerprint density at radius 2 is 2.29 bits per heavy atom. The van der Waals surface area contributed by atoms with E-state index in [4.69, 9.17) is 11.6 Å². The summed E-state index contributed by atoms with van der Waals surface area (Å²) < 4.78 is 13.4. The molecular formula is C12H12ClFN2O. The molecule has 0 aliphatic heterocycles. The van der Waals surface area contributed by atoms with E-state index < -0.39 is 0 Å². The number of nitrogens with one attached hydrogen (secondary N) is 2. The molecule has 5 heteroatoms. The summed E-state index contributed by atoms with van der Waals surface area (Å²) in [6.07, 6.45) is 2.41. The third-order valence-corrected chi connectivity index (χ3v) is 2.83. The van der Waals surface area contributed by atoms with Crippen molar-refractivity contribution < 1.29 is 9.18 Å². The van der Waals surface area contributed by atoms with E-state index in [1.54, 1.807) is 12.3 Å². The van der Waals surface area contributed by atoms with Crippen molar-refractivity contribution in [3.05, 3.63) is 35.8 Å². The number of aromatic nitrogens is 1. The Kier molecular flexibility index (Phi) is 3.64. The van der Waals surface area contributed by atoms with E-state index in [1.165, 1.54) is 6.07 Å². The quantitative estimate of drug-likeness (QED) is 0.808. The summed E-state index contributed by atoms with van der Waals surface area (Å²) in [4.78, 5) is 13.8. The number of alkyl halides is 1. The maximum Gasteiger partial charge on any atom is 0.234 e. The van der Waals surface area contributed by atoms with Crippen molar-refractivity contribution in [1.82, 2.24) is 10.3 Å². The van der Waals surface area contributed by atoms with E-state index in [0.717, 1.165) is 10.9 Å². The van der Waals surface area contributed by atoms with Crippen molar-refractivity contribution in [2.45, 2.75) is 6.42 Å². The molecule has 0 unspecified atom stereocenters. The lowest BCUT2D eigenvalue weighted by Crippen LogP contribution is -2.26. The van der Waals surface area contributed by atoms with Crippen LogP contribution in [0.3, 0.4) is 0 Å². The number of rotatable bonds is 4. The first-order valence-electron chi connectivity index (χ1n) is 5.29. The average molecular weight is 255 g/mol. The van der Waals surface area contributed by atoms with Crippen LogP contribution in [0.25, 0.3) is 10.9 Å². The lowest BCUT2D eigenvalue weighted by atomic mass is 10.1. The molecule has 0 radical (unpaired) electrons. The zero-order valence-electron chi connectivity index (χ0n) is 9.09. The van der Waals surface area contributed by atoms with Gasteiger partial charge in [-0.25, -0.2) is 4.39 Å². The normalized spacial score (nSPS) is 10.7. The number of benzene rings is 1. The molecule has 0 spiro atoms. The van der Waals surface area contributed by atoms with Gasteiger partial charge in [-0.05, 0) is 18.1 Å². The second-order valence-corrected chi connectivity index (χ2v) is 3.98. The molecular weight excluding hydrogens is 243 g/mol. The molecule has 0 aliphatic carbocycles. The summed E-state index contributed by atoms with van der Waals surface area (Å²) in [5.74, 6) is -0.501. The first-order chi connectivity index (χ1) is 8.22. The van der Waals surface area contributed by atoms with Gasteiger partial charge in [0.25, 0.3) is 0 Å². The molecule has 0 fully saturated rings. The highest BCUT2D eigenvalue weighted by Crippen LogP contribution is 2.20. The summed E-state index contributed by atoms with van der Waals surface area (Å²) in [5.41, 5.74) is 1.49. The van der Waals surface area contributed by atoms with E-state index >= 15 is 0 Å². The number of aromatic amines is 1. The van der Waals surface area contributed by atoms with Gasteiger partial charge in [0.1, 0.15) is 11.7 Å². The van der Waals surface area contributed by atoms with E-state index in [9.17, 15) is 9.18 Å². The molecule has 0 saturated heterocycles. The Morgan fingerprint density at radius 1 is 1.47 bits per heavy atom. The van der Waals surface area contributed by atoms with Gasteiger partial charge in [-0.15, -0.1) is 11.6 Å². The van der Waals surface area contributed by atoms with E-state index in [1.807, 2.05) is 6.07 Å². The van der Waals surface area contributed by atoms with Crippen LogP contribution in [0, 0.1) is 5.82 Å². The molecule has 2 rings (SSSR count). The van der Waals surface area contributed by atoms with E-state index in [-0.39, 0.29) is 17.6 Å². The van der Waals surface area contributed by atoms with E-state index in [2.05, 4.69) is 10.3 Å². The molecule has 2 N–H and O–H groups in total. The summed E-state index contributed by atoms with van der Waals surface area (Å²) in [5, 5.41) is 3.52. The lowest BCUT2D eigenvalue weighted by Gasteiger charge is -2.02. The highest BCUT2D eigenvalue weighted by Gasteiger charge is 2.07. The Balaban J connectivity index is 2.09. The van der Waals surface area contributed by atoms with Crippen LogP contribution in [0.4, 0.5) is 4.39 Å². The van der Waals surface area contributed by atoms with Gasteiger partial charge in [0, 0.05) is 18.1 Å². The number of hydrogen-bond donors (Lipinski definition) is 2. The summed E-state index contributed by atoms with van der Waals surface area (Å²) in [6, 6.07) is 4.94. The van der Waals surface area contributed by atoms with Gasteiger partial charge in [-0.3, -0.25) is 4.79 Å². The fraction of sp³-hybridized carbons (Fsp3) is 0.250. The van der Waals surface area contributed by atoms with Gasteiger partial charge in [-0.1, -0.05) is 12.1 Å². The number of fused-ring (bicyclic) bond motifs is 1. The number of carbonyl (C=O) groups excluding carboxylic acids is 1. The van der Waals surface area contributed by atoms with Gasteiger partial charge < -0.3 is 10.3 Å². The Hall–Kier alpha value is -1.55. The minimum Gasteiger partial charge on any atom is -0.359 e. The van der Waals surface area contributed by atoms with Gasteiger partial charge in [0.2, 0.25) is 5.91 Å². The zero-order chi connectivity index (χ0) is 12.3. The molecule has 1 aromatic heterocycles. The molecule has 17 heavy (non-hydrogen) atoms. The van der Waals surface area contributed by atoms with Gasteiger partial charge in [0.15, 0.2) is 0 Å². The summed E-state index contributed by atoms with van der Waals surface area (Å²) in [7, 11) is 0. The van der Waals surface area contributed by atoms with Crippen LogP contribution in [0.5, 0.6) is 0 Å². The maximum absolute atomic E-state index is 13.4. The molecule has 3 nitrogen and oxygen atoms in total. The predicted molar refractivity (Wildman–Crippen MR) is 65.7 cm³/mol. The SMILES string of the molecule is O=C(CCl)NCCc1c[nH]c2c(F)cccc12. The number of para-hydroxylation sites is 1. The topological polar surface area (TPSA) is 44.9 Å².